The van der Waals surface area contributed by atoms with Gasteiger partial charge in [-0.1, -0.05) is 0 Å². The molecule has 11 heteroatoms. The van der Waals surface area contributed by atoms with Gasteiger partial charge < -0.3 is 20.7 Å². The third-order valence-electron chi connectivity index (χ3n) is 3.53. The number of nitrogens with zero attached hydrogens (tertiary/aromatic N) is 3. The number of rotatable bonds is 6. The summed E-state index contributed by atoms with van der Waals surface area (Å²) in [4.78, 5) is 21.3. The van der Waals surface area contributed by atoms with Crippen LogP contribution in [0.15, 0.2) is 11.1 Å². The second-order valence-electron chi connectivity index (χ2n) is 4.93. The van der Waals surface area contributed by atoms with Gasteiger partial charge in [0, 0.05) is 20.1 Å². The Hall–Kier alpha value is -2.55. The summed E-state index contributed by atoms with van der Waals surface area (Å²) in [6.45, 7) is -0.763. The standard InChI is InChI=1S/C13H15F2N5O4/c1-3-13(23,10(14)12(15,24-2)4-5-21)20-6-17-7-8(20)18-11(16)19-9(7)22/h1,6,10,21,23H,4-5H2,2H3,(H3,16,18,19,22)/t10-,12?,13-/m1/s1. The van der Waals surface area contributed by atoms with Crippen molar-refractivity contribution in [1.82, 2.24) is 19.5 Å². The van der Waals surface area contributed by atoms with E-state index in [1.54, 1.807) is 5.92 Å². The van der Waals surface area contributed by atoms with Crippen LogP contribution in [0.25, 0.3) is 11.2 Å². The van der Waals surface area contributed by atoms with Crippen molar-refractivity contribution in [3.8, 4) is 12.3 Å². The van der Waals surface area contributed by atoms with Gasteiger partial charge in [-0.15, -0.1) is 6.42 Å². The predicted octanol–water partition coefficient (Wildman–Crippen LogP) is -0.987. The van der Waals surface area contributed by atoms with Crippen LogP contribution in [-0.2, 0) is 10.5 Å². The third-order valence-corrected chi connectivity index (χ3v) is 3.53. The van der Waals surface area contributed by atoms with Gasteiger partial charge in [-0.05, 0) is 5.92 Å². The molecule has 0 aliphatic carbocycles. The number of ether oxygens (including phenoxy) is 1. The zero-order valence-electron chi connectivity index (χ0n) is 12.5. The van der Waals surface area contributed by atoms with E-state index in [4.69, 9.17) is 17.3 Å². The van der Waals surface area contributed by atoms with Gasteiger partial charge in [0.05, 0.1) is 0 Å². The van der Waals surface area contributed by atoms with Gasteiger partial charge in [0.1, 0.15) is 6.33 Å². The number of nitrogen functional groups attached to an aromatic ring is 1. The number of aliphatic hydroxyl groups is 2. The molecule has 2 rings (SSSR count). The van der Waals surface area contributed by atoms with Crippen molar-refractivity contribution in [3.05, 3.63) is 16.7 Å². The molecule has 0 spiro atoms. The number of nitrogens with two attached hydrogens (primary N) is 1. The van der Waals surface area contributed by atoms with Gasteiger partial charge in [0.25, 0.3) is 5.56 Å². The van der Waals surface area contributed by atoms with Crippen molar-refractivity contribution < 1.29 is 23.7 Å². The number of alkyl halides is 2. The summed E-state index contributed by atoms with van der Waals surface area (Å²) < 4.78 is 34.4. The van der Waals surface area contributed by atoms with Crippen LogP contribution >= 0.6 is 0 Å². The first-order valence-corrected chi connectivity index (χ1v) is 6.66. The first kappa shape index (κ1) is 17.8. The molecule has 0 saturated heterocycles. The lowest BCUT2D eigenvalue weighted by atomic mass is 9.98. The van der Waals surface area contributed by atoms with E-state index in [0.717, 1.165) is 13.4 Å². The quantitative estimate of drug-likeness (QED) is 0.494. The highest BCUT2D eigenvalue weighted by Gasteiger charge is 2.54. The number of aliphatic hydroxyl groups excluding tert-OH is 1. The fourth-order valence-corrected chi connectivity index (χ4v) is 2.23. The lowest BCUT2D eigenvalue weighted by Gasteiger charge is -2.35. The average molecular weight is 343 g/mol. The minimum atomic E-state index is -3.10. The smallest absolute Gasteiger partial charge is 0.280 e. The van der Waals surface area contributed by atoms with E-state index < -0.39 is 36.3 Å². The molecule has 0 bridgehead atoms. The molecule has 0 radical (unpaired) electrons. The molecular weight excluding hydrogens is 328 g/mol. The normalized spacial score (nSPS) is 17.8. The van der Waals surface area contributed by atoms with Crippen LogP contribution in [0.2, 0.25) is 0 Å². The Morgan fingerprint density at radius 3 is 2.88 bits per heavy atom. The van der Waals surface area contributed by atoms with Gasteiger partial charge in [0.15, 0.2) is 11.2 Å². The van der Waals surface area contributed by atoms with E-state index in [-0.39, 0.29) is 17.1 Å². The maximum atomic E-state index is 14.8. The van der Waals surface area contributed by atoms with Gasteiger partial charge in [-0.25, -0.2) is 13.8 Å². The number of aromatic amines is 1. The number of imidazole rings is 1. The molecule has 0 aliphatic rings. The molecule has 3 atom stereocenters. The molecule has 0 aromatic carbocycles. The largest absolute Gasteiger partial charge is 0.396 e. The Morgan fingerprint density at radius 1 is 1.67 bits per heavy atom. The number of halogens is 2. The van der Waals surface area contributed by atoms with E-state index >= 15 is 0 Å². The van der Waals surface area contributed by atoms with Crippen LogP contribution < -0.4 is 11.3 Å². The van der Waals surface area contributed by atoms with Gasteiger partial charge in [0.2, 0.25) is 23.7 Å². The number of hydrogen-bond donors (Lipinski definition) is 4. The molecule has 0 amide bonds. The van der Waals surface area contributed by atoms with Crippen LogP contribution in [-0.4, -0.2) is 55.5 Å². The predicted molar refractivity (Wildman–Crippen MR) is 79.0 cm³/mol. The molecule has 2 aromatic rings. The fourth-order valence-electron chi connectivity index (χ4n) is 2.23. The average Bonchev–Trinajstić information content (AvgIpc) is 2.98. The van der Waals surface area contributed by atoms with Crippen molar-refractivity contribution >= 4 is 17.1 Å². The highest BCUT2D eigenvalue weighted by Crippen LogP contribution is 2.35. The van der Waals surface area contributed by atoms with Crippen molar-refractivity contribution in [2.75, 3.05) is 19.5 Å². The number of H-pyrrole nitrogens is 1. The second-order valence-corrected chi connectivity index (χ2v) is 4.93. The first-order chi connectivity index (χ1) is 11.2. The molecule has 0 aliphatic heterocycles. The van der Waals surface area contributed by atoms with E-state index in [1.807, 2.05) is 0 Å². The second kappa shape index (κ2) is 6.16. The SMILES string of the molecule is C#C[C@@](O)([C@H](F)C(F)(CCO)OC)n1cnc2c(=O)[nH]c(N)nc21. The molecule has 2 heterocycles. The Labute approximate surface area is 134 Å². The minimum absolute atomic E-state index is 0.283. The van der Waals surface area contributed by atoms with Crippen LogP contribution in [0.5, 0.6) is 0 Å². The molecule has 24 heavy (non-hydrogen) atoms. The molecule has 2 aromatic heterocycles. The van der Waals surface area contributed by atoms with E-state index in [0.29, 0.717) is 4.57 Å². The molecule has 9 nitrogen and oxygen atoms in total. The summed E-state index contributed by atoms with van der Waals surface area (Å²) in [6, 6.07) is 0. The van der Waals surface area contributed by atoms with Crippen LogP contribution in [0.3, 0.4) is 0 Å². The van der Waals surface area contributed by atoms with Gasteiger partial charge in [-0.2, -0.15) is 4.98 Å². The summed E-state index contributed by atoms with van der Waals surface area (Å²) in [5.74, 6) is -1.71. The van der Waals surface area contributed by atoms with E-state index in [9.17, 15) is 18.7 Å². The zero-order valence-corrected chi connectivity index (χ0v) is 12.5. The number of fused-ring (bicyclic) bond motifs is 1. The number of terminal acetylenes is 1. The van der Waals surface area contributed by atoms with Crippen LogP contribution in [0.1, 0.15) is 6.42 Å². The van der Waals surface area contributed by atoms with Gasteiger partial charge in [-0.3, -0.25) is 14.3 Å². The molecule has 130 valence electrons. The number of nitrogens with one attached hydrogen (secondary N) is 1. The summed E-state index contributed by atoms with van der Waals surface area (Å²) >= 11 is 0. The zero-order chi connectivity index (χ0) is 18.1. The maximum absolute atomic E-state index is 14.8. The van der Waals surface area contributed by atoms with Crippen molar-refractivity contribution in [1.29, 1.82) is 0 Å². The summed E-state index contributed by atoms with van der Waals surface area (Å²) in [7, 11) is 0.853. The number of anilines is 1. The monoisotopic (exact) mass is 343 g/mol. The molecule has 0 fully saturated rings. The minimum Gasteiger partial charge on any atom is -0.396 e. The highest BCUT2D eigenvalue weighted by molar-refractivity contribution is 5.71. The molecule has 0 saturated carbocycles. The van der Waals surface area contributed by atoms with E-state index in [2.05, 4.69) is 19.7 Å². The van der Waals surface area contributed by atoms with Crippen LogP contribution in [0, 0.1) is 12.3 Å². The third kappa shape index (κ3) is 2.60. The number of hydrogen-bond acceptors (Lipinski definition) is 7. The lowest BCUT2D eigenvalue weighted by molar-refractivity contribution is -0.230. The topological polar surface area (TPSA) is 139 Å². The summed E-state index contributed by atoms with van der Waals surface area (Å²) in [5, 5.41) is 19.4. The first-order valence-electron chi connectivity index (χ1n) is 6.66. The molecule has 1 unspecified atom stereocenters. The fraction of sp³-hybridized carbons (Fsp3) is 0.462. The van der Waals surface area contributed by atoms with Crippen molar-refractivity contribution in [2.24, 2.45) is 0 Å². The Bertz CT molecular complexity index is 847. The van der Waals surface area contributed by atoms with Gasteiger partial charge >= 0.3 is 0 Å². The number of methoxy groups -OCH3 is 1. The Balaban J connectivity index is 2.67. The Morgan fingerprint density at radius 2 is 2.33 bits per heavy atom. The maximum Gasteiger partial charge on any atom is 0.280 e. The summed E-state index contributed by atoms with van der Waals surface area (Å²) in [6.07, 6.45) is 2.39. The van der Waals surface area contributed by atoms with Crippen molar-refractivity contribution in [2.45, 2.75) is 24.2 Å². The molecule has 5 N–H and O–H groups in total. The molecular formula is C13H15F2N5O4. The lowest BCUT2D eigenvalue weighted by Crippen LogP contribution is -2.53. The number of aromatic nitrogens is 4. The van der Waals surface area contributed by atoms with E-state index in [1.165, 1.54) is 0 Å². The van der Waals surface area contributed by atoms with Crippen LogP contribution in [0.4, 0.5) is 14.7 Å². The van der Waals surface area contributed by atoms with Crippen molar-refractivity contribution in [3.63, 3.8) is 0 Å². The summed E-state index contributed by atoms with van der Waals surface area (Å²) in [5.41, 5.74) is 1.08. The Kier molecular flexibility index (Phi) is 4.57. The highest BCUT2D eigenvalue weighted by atomic mass is 19.2.